The molecule has 0 aliphatic carbocycles. The van der Waals surface area contributed by atoms with E-state index in [2.05, 4.69) is 26.5 Å². The van der Waals surface area contributed by atoms with E-state index in [0.29, 0.717) is 5.75 Å². The third kappa shape index (κ3) is 5.20. The molecule has 4 nitrogen and oxygen atoms in total. The minimum absolute atomic E-state index is 0.0786. The van der Waals surface area contributed by atoms with Crippen LogP contribution in [0.25, 0.3) is 0 Å². The summed E-state index contributed by atoms with van der Waals surface area (Å²) in [5, 5.41) is 4.27. The third-order valence-electron chi connectivity index (χ3n) is 3.42. The highest BCUT2D eigenvalue weighted by Gasteiger charge is 2.10. The van der Waals surface area contributed by atoms with Crippen LogP contribution in [-0.4, -0.2) is 18.2 Å². The van der Waals surface area contributed by atoms with Crippen molar-refractivity contribution in [1.82, 2.24) is 5.43 Å². The van der Waals surface area contributed by atoms with Crippen molar-refractivity contribution in [2.24, 2.45) is 11.0 Å². The van der Waals surface area contributed by atoms with Crippen LogP contribution in [0.5, 0.6) is 5.75 Å². The number of halogens is 1. The number of benzene rings is 2. The number of hydrazone groups is 1. The minimum Gasteiger partial charge on any atom is -0.484 e. The topological polar surface area (TPSA) is 50.7 Å². The van der Waals surface area contributed by atoms with E-state index < -0.39 is 0 Å². The molecule has 1 amide bonds. The molecular weight excluding hydrogens is 368 g/mol. The average Bonchev–Trinajstić information content (AvgIpc) is 2.57. The molecule has 2 aromatic rings. The second-order valence-electron chi connectivity index (χ2n) is 5.75. The van der Waals surface area contributed by atoms with Crippen LogP contribution in [-0.2, 0) is 4.79 Å². The van der Waals surface area contributed by atoms with E-state index in [1.807, 2.05) is 69.3 Å². The number of rotatable bonds is 6. The Balaban J connectivity index is 1.96. The molecule has 0 spiro atoms. The molecule has 0 fully saturated rings. The summed E-state index contributed by atoms with van der Waals surface area (Å²) >= 11 is 3.43. The van der Waals surface area contributed by atoms with Crippen LogP contribution in [0.3, 0.4) is 0 Å². The summed E-state index contributed by atoms with van der Waals surface area (Å²) in [5.74, 6) is 0.564. The predicted octanol–water partition coefficient (Wildman–Crippen LogP) is 4.31. The lowest BCUT2D eigenvalue weighted by Crippen LogP contribution is -2.27. The lowest BCUT2D eigenvalue weighted by Gasteiger charge is -2.11. The molecule has 2 aromatic carbocycles. The van der Waals surface area contributed by atoms with Crippen LogP contribution in [0.2, 0.25) is 0 Å². The number of carbonyl (C=O) groups excluding carboxylic acids is 1. The Morgan fingerprint density at radius 2 is 1.92 bits per heavy atom. The number of carbonyl (C=O) groups is 1. The van der Waals surface area contributed by atoms with Crippen molar-refractivity contribution < 1.29 is 9.53 Å². The molecule has 0 saturated heterocycles. The smallest absolute Gasteiger partial charge is 0.277 e. The van der Waals surface area contributed by atoms with Gasteiger partial charge in [-0.25, -0.2) is 5.43 Å². The van der Waals surface area contributed by atoms with E-state index in [4.69, 9.17) is 4.74 Å². The third-order valence-corrected chi connectivity index (χ3v) is 4.31. The first-order valence-electron chi connectivity index (χ1n) is 7.78. The van der Waals surface area contributed by atoms with Gasteiger partial charge in [0.25, 0.3) is 5.91 Å². The van der Waals surface area contributed by atoms with Crippen molar-refractivity contribution in [3.8, 4) is 5.75 Å². The van der Waals surface area contributed by atoms with Crippen molar-refractivity contribution in [1.29, 1.82) is 0 Å². The fourth-order valence-corrected chi connectivity index (χ4v) is 2.39. The van der Waals surface area contributed by atoms with Gasteiger partial charge in [-0.05, 0) is 42.2 Å². The van der Waals surface area contributed by atoms with Gasteiger partial charge < -0.3 is 4.74 Å². The molecular formula is C19H21BrN2O2. The Morgan fingerprint density at radius 3 is 2.54 bits per heavy atom. The van der Waals surface area contributed by atoms with Gasteiger partial charge in [0.15, 0.2) is 6.61 Å². The maximum atomic E-state index is 12.0. The van der Waals surface area contributed by atoms with Gasteiger partial charge in [-0.3, -0.25) is 4.79 Å². The van der Waals surface area contributed by atoms with Crippen molar-refractivity contribution in [2.75, 3.05) is 6.61 Å². The Kier molecular flexibility index (Phi) is 6.55. The lowest BCUT2D eigenvalue weighted by atomic mass is 10.0. The zero-order valence-corrected chi connectivity index (χ0v) is 15.6. The summed E-state index contributed by atoms with van der Waals surface area (Å²) in [6, 6.07) is 15.4. The van der Waals surface area contributed by atoms with Crippen LogP contribution in [0.1, 0.15) is 25.0 Å². The van der Waals surface area contributed by atoms with E-state index in [-0.39, 0.29) is 18.4 Å². The molecule has 0 aromatic heterocycles. The second-order valence-corrected chi connectivity index (χ2v) is 6.61. The van der Waals surface area contributed by atoms with Crippen molar-refractivity contribution >= 4 is 27.5 Å². The van der Waals surface area contributed by atoms with Crippen LogP contribution in [0.4, 0.5) is 0 Å². The summed E-state index contributed by atoms with van der Waals surface area (Å²) in [5.41, 5.74) is 5.46. The number of ether oxygens (including phenoxy) is 1. The molecule has 24 heavy (non-hydrogen) atoms. The number of nitrogens with one attached hydrogen (secondary N) is 1. The van der Waals surface area contributed by atoms with Crippen molar-refractivity contribution in [3.63, 3.8) is 0 Å². The molecule has 126 valence electrons. The molecule has 0 heterocycles. The van der Waals surface area contributed by atoms with Crippen LogP contribution in [0, 0.1) is 12.8 Å². The number of hydrogen-bond acceptors (Lipinski definition) is 3. The van der Waals surface area contributed by atoms with Crippen LogP contribution < -0.4 is 10.2 Å². The van der Waals surface area contributed by atoms with E-state index in [1.54, 1.807) is 0 Å². The molecule has 0 atom stereocenters. The molecule has 1 N–H and O–H groups in total. The van der Waals surface area contributed by atoms with E-state index in [9.17, 15) is 4.79 Å². The highest BCUT2D eigenvalue weighted by atomic mass is 79.9. The van der Waals surface area contributed by atoms with E-state index in [1.165, 1.54) is 0 Å². The molecule has 5 heteroatoms. The maximum absolute atomic E-state index is 12.0. The first-order valence-corrected chi connectivity index (χ1v) is 8.57. The summed E-state index contributed by atoms with van der Waals surface area (Å²) in [4.78, 5) is 12.0. The molecule has 0 radical (unpaired) electrons. The number of aryl methyl sites for hydroxylation is 1. The Bertz CT molecular complexity index is 727. The maximum Gasteiger partial charge on any atom is 0.277 e. The molecule has 0 bridgehead atoms. The highest BCUT2D eigenvalue weighted by molar-refractivity contribution is 9.10. The SMILES string of the molecule is Cc1cc(OCC(=O)N/N=C(/c2ccccc2)C(C)C)ccc1Br. The van der Waals surface area contributed by atoms with Gasteiger partial charge in [-0.1, -0.05) is 60.1 Å². The van der Waals surface area contributed by atoms with Gasteiger partial charge >= 0.3 is 0 Å². The normalized spacial score (nSPS) is 11.5. The van der Waals surface area contributed by atoms with Gasteiger partial charge in [0.05, 0.1) is 5.71 Å². The fourth-order valence-electron chi connectivity index (χ4n) is 2.15. The van der Waals surface area contributed by atoms with Gasteiger partial charge in [0.1, 0.15) is 5.75 Å². The first-order chi connectivity index (χ1) is 11.5. The molecule has 2 rings (SSSR count). The highest BCUT2D eigenvalue weighted by Crippen LogP contribution is 2.21. The zero-order valence-electron chi connectivity index (χ0n) is 14.0. The largest absolute Gasteiger partial charge is 0.484 e. The molecule has 0 aliphatic heterocycles. The Morgan fingerprint density at radius 1 is 1.21 bits per heavy atom. The standard InChI is InChI=1S/C19H21BrN2O2/c1-13(2)19(15-7-5-4-6-8-15)22-21-18(23)12-24-16-9-10-17(20)14(3)11-16/h4-11,13H,12H2,1-3H3,(H,21,23)/b22-19+. The summed E-state index contributed by atoms with van der Waals surface area (Å²) < 4.78 is 6.51. The fraction of sp³-hybridized carbons (Fsp3) is 0.263. The van der Waals surface area contributed by atoms with Gasteiger partial charge in [-0.2, -0.15) is 5.10 Å². The number of amides is 1. The van der Waals surface area contributed by atoms with Gasteiger partial charge in [-0.15, -0.1) is 0 Å². The van der Waals surface area contributed by atoms with Gasteiger partial charge in [0.2, 0.25) is 0 Å². The minimum atomic E-state index is -0.287. The lowest BCUT2D eigenvalue weighted by molar-refractivity contribution is -0.123. The first kappa shape index (κ1) is 18.2. The van der Waals surface area contributed by atoms with Crippen LogP contribution in [0.15, 0.2) is 58.1 Å². The Hall–Kier alpha value is -2.14. The van der Waals surface area contributed by atoms with Crippen LogP contribution >= 0.6 is 15.9 Å². The van der Waals surface area contributed by atoms with Crippen molar-refractivity contribution in [2.45, 2.75) is 20.8 Å². The average molecular weight is 389 g/mol. The molecule has 0 unspecified atom stereocenters. The van der Waals surface area contributed by atoms with E-state index in [0.717, 1.165) is 21.3 Å². The quantitative estimate of drug-likeness (QED) is 0.591. The van der Waals surface area contributed by atoms with Gasteiger partial charge in [0, 0.05) is 4.47 Å². The summed E-state index contributed by atoms with van der Waals surface area (Å²) in [6.07, 6.45) is 0. The number of nitrogens with zero attached hydrogens (tertiary/aromatic N) is 1. The number of hydrogen-bond donors (Lipinski definition) is 1. The summed E-state index contributed by atoms with van der Waals surface area (Å²) in [6.45, 7) is 5.97. The summed E-state index contributed by atoms with van der Waals surface area (Å²) in [7, 11) is 0. The second kappa shape index (κ2) is 8.64. The van der Waals surface area contributed by atoms with Crippen molar-refractivity contribution in [3.05, 3.63) is 64.1 Å². The predicted molar refractivity (Wildman–Crippen MR) is 100 cm³/mol. The monoisotopic (exact) mass is 388 g/mol. The molecule has 0 aliphatic rings. The van der Waals surface area contributed by atoms with E-state index >= 15 is 0 Å². The zero-order chi connectivity index (χ0) is 17.5. The molecule has 0 saturated carbocycles. The Labute approximate surface area is 151 Å².